The number of ketones is 1. The van der Waals surface area contributed by atoms with Crippen molar-refractivity contribution in [2.75, 3.05) is 21.3 Å². The highest BCUT2D eigenvalue weighted by Crippen LogP contribution is 2.41. The number of Topliss-reactive ketones (excluding diaryl/α,β-unsaturated/α-hetero) is 1. The van der Waals surface area contributed by atoms with Crippen molar-refractivity contribution in [2.24, 2.45) is 0 Å². The Labute approximate surface area is 112 Å². The zero-order valence-electron chi connectivity index (χ0n) is 11.4. The van der Waals surface area contributed by atoms with Crippen LogP contribution < -0.4 is 18.9 Å². The van der Waals surface area contributed by atoms with Gasteiger partial charge >= 0.3 is 0 Å². The van der Waals surface area contributed by atoms with Gasteiger partial charge in [-0.25, -0.2) is 0 Å². The second-order valence-corrected chi connectivity index (χ2v) is 4.38. The van der Waals surface area contributed by atoms with Crippen LogP contribution in [0.1, 0.15) is 19.3 Å². The van der Waals surface area contributed by atoms with Gasteiger partial charge in [0.2, 0.25) is 5.75 Å². The molecule has 5 heteroatoms. The van der Waals surface area contributed by atoms with Crippen molar-refractivity contribution in [2.45, 2.75) is 25.4 Å². The number of ether oxygens (including phenoxy) is 4. The molecule has 0 heterocycles. The van der Waals surface area contributed by atoms with Gasteiger partial charge in [0, 0.05) is 25.0 Å². The van der Waals surface area contributed by atoms with Gasteiger partial charge in [-0.05, 0) is 6.42 Å². The van der Waals surface area contributed by atoms with E-state index in [1.165, 1.54) is 0 Å². The van der Waals surface area contributed by atoms with Crippen molar-refractivity contribution < 1.29 is 23.7 Å². The van der Waals surface area contributed by atoms with Crippen LogP contribution in [0.4, 0.5) is 0 Å². The van der Waals surface area contributed by atoms with Gasteiger partial charge in [-0.2, -0.15) is 0 Å². The standard InChI is InChI=1S/C14H18O5/c1-16-12-7-11(8-13(17-2)14(12)18-3)19-10-5-4-9(15)6-10/h7-8,10H,4-6H2,1-3H3. The molecular formula is C14H18O5. The number of benzene rings is 1. The predicted octanol–water partition coefficient (Wildman–Crippen LogP) is 2.21. The van der Waals surface area contributed by atoms with E-state index in [1.54, 1.807) is 33.5 Å². The van der Waals surface area contributed by atoms with Gasteiger partial charge in [0.1, 0.15) is 17.6 Å². The largest absolute Gasteiger partial charge is 0.493 e. The van der Waals surface area contributed by atoms with Crippen LogP contribution in [0.2, 0.25) is 0 Å². The van der Waals surface area contributed by atoms with Gasteiger partial charge in [-0.1, -0.05) is 0 Å². The highest BCUT2D eigenvalue weighted by atomic mass is 16.5. The molecule has 0 spiro atoms. The highest BCUT2D eigenvalue weighted by Gasteiger charge is 2.24. The molecule has 0 aliphatic heterocycles. The van der Waals surface area contributed by atoms with E-state index in [4.69, 9.17) is 18.9 Å². The van der Waals surface area contributed by atoms with Gasteiger partial charge in [0.15, 0.2) is 11.5 Å². The molecule has 1 unspecified atom stereocenters. The lowest BCUT2D eigenvalue weighted by Gasteiger charge is -2.17. The third-order valence-electron chi connectivity index (χ3n) is 3.14. The molecular weight excluding hydrogens is 248 g/mol. The zero-order chi connectivity index (χ0) is 13.8. The summed E-state index contributed by atoms with van der Waals surface area (Å²) in [6.45, 7) is 0. The van der Waals surface area contributed by atoms with E-state index in [0.717, 1.165) is 6.42 Å². The minimum absolute atomic E-state index is 0.0599. The third kappa shape index (κ3) is 2.92. The van der Waals surface area contributed by atoms with E-state index >= 15 is 0 Å². The molecule has 0 radical (unpaired) electrons. The fourth-order valence-corrected chi connectivity index (χ4v) is 2.20. The van der Waals surface area contributed by atoms with Crippen molar-refractivity contribution in [1.82, 2.24) is 0 Å². The summed E-state index contributed by atoms with van der Waals surface area (Å²) >= 11 is 0. The molecule has 0 saturated heterocycles. The number of carbonyl (C=O) groups excluding carboxylic acids is 1. The minimum Gasteiger partial charge on any atom is -0.493 e. The Balaban J connectivity index is 2.23. The molecule has 1 saturated carbocycles. The number of hydrogen-bond acceptors (Lipinski definition) is 5. The van der Waals surface area contributed by atoms with Crippen LogP contribution in [-0.2, 0) is 4.79 Å². The van der Waals surface area contributed by atoms with E-state index < -0.39 is 0 Å². The average molecular weight is 266 g/mol. The van der Waals surface area contributed by atoms with Crippen LogP contribution in [0, 0.1) is 0 Å². The average Bonchev–Trinajstić information content (AvgIpc) is 2.82. The monoisotopic (exact) mass is 266 g/mol. The Morgan fingerprint density at radius 2 is 1.68 bits per heavy atom. The summed E-state index contributed by atoms with van der Waals surface area (Å²) in [7, 11) is 4.66. The normalized spacial score (nSPS) is 18.3. The van der Waals surface area contributed by atoms with Crippen LogP contribution in [0.25, 0.3) is 0 Å². The van der Waals surface area contributed by atoms with Crippen LogP contribution in [0.3, 0.4) is 0 Å². The van der Waals surface area contributed by atoms with E-state index in [1.807, 2.05) is 0 Å². The predicted molar refractivity (Wildman–Crippen MR) is 69.4 cm³/mol. The molecule has 0 bridgehead atoms. The fourth-order valence-electron chi connectivity index (χ4n) is 2.20. The fraction of sp³-hybridized carbons (Fsp3) is 0.500. The van der Waals surface area contributed by atoms with Gasteiger partial charge < -0.3 is 18.9 Å². The van der Waals surface area contributed by atoms with Gasteiger partial charge in [-0.15, -0.1) is 0 Å². The Hall–Kier alpha value is -1.91. The number of rotatable bonds is 5. The summed E-state index contributed by atoms with van der Waals surface area (Å²) in [5.74, 6) is 2.48. The van der Waals surface area contributed by atoms with E-state index in [2.05, 4.69) is 0 Å². The van der Waals surface area contributed by atoms with E-state index in [0.29, 0.717) is 35.8 Å². The second kappa shape index (κ2) is 5.82. The summed E-state index contributed by atoms with van der Waals surface area (Å²) < 4.78 is 21.5. The minimum atomic E-state index is -0.0599. The first-order chi connectivity index (χ1) is 9.17. The molecule has 5 nitrogen and oxygen atoms in total. The molecule has 19 heavy (non-hydrogen) atoms. The number of carbonyl (C=O) groups is 1. The SMILES string of the molecule is COc1cc(OC2CCC(=O)C2)cc(OC)c1OC. The third-order valence-corrected chi connectivity index (χ3v) is 3.14. The molecule has 0 aromatic heterocycles. The highest BCUT2D eigenvalue weighted by molar-refractivity contribution is 5.81. The smallest absolute Gasteiger partial charge is 0.203 e. The van der Waals surface area contributed by atoms with Crippen LogP contribution in [-0.4, -0.2) is 33.2 Å². The van der Waals surface area contributed by atoms with Crippen molar-refractivity contribution in [3.8, 4) is 23.0 Å². The number of methoxy groups -OCH3 is 3. The Morgan fingerprint density at radius 3 is 2.11 bits per heavy atom. The lowest BCUT2D eigenvalue weighted by molar-refractivity contribution is -0.117. The molecule has 0 N–H and O–H groups in total. The lowest BCUT2D eigenvalue weighted by atomic mass is 10.2. The molecule has 1 fully saturated rings. The molecule has 1 aromatic rings. The first kappa shape index (κ1) is 13.5. The summed E-state index contributed by atoms with van der Waals surface area (Å²) in [5, 5.41) is 0. The summed E-state index contributed by atoms with van der Waals surface area (Å²) in [6, 6.07) is 3.48. The molecule has 1 aliphatic rings. The molecule has 104 valence electrons. The van der Waals surface area contributed by atoms with Crippen LogP contribution >= 0.6 is 0 Å². The van der Waals surface area contributed by atoms with E-state index in [9.17, 15) is 4.79 Å². The Bertz CT molecular complexity index is 444. The first-order valence-corrected chi connectivity index (χ1v) is 6.16. The van der Waals surface area contributed by atoms with Gasteiger partial charge in [0.25, 0.3) is 0 Å². The van der Waals surface area contributed by atoms with Gasteiger partial charge in [0.05, 0.1) is 21.3 Å². The zero-order valence-corrected chi connectivity index (χ0v) is 11.4. The summed E-state index contributed by atoms with van der Waals surface area (Å²) in [6.07, 6.45) is 1.76. The molecule has 1 aromatic carbocycles. The second-order valence-electron chi connectivity index (χ2n) is 4.38. The molecule has 0 amide bonds. The van der Waals surface area contributed by atoms with E-state index in [-0.39, 0.29) is 11.9 Å². The summed E-state index contributed by atoms with van der Waals surface area (Å²) in [4.78, 5) is 11.2. The van der Waals surface area contributed by atoms with Gasteiger partial charge in [-0.3, -0.25) is 4.79 Å². The lowest BCUT2D eigenvalue weighted by Crippen LogP contribution is -2.12. The van der Waals surface area contributed by atoms with Crippen molar-refractivity contribution in [3.63, 3.8) is 0 Å². The Kier molecular flexibility index (Phi) is 4.14. The summed E-state index contributed by atoms with van der Waals surface area (Å²) in [5.41, 5.74) is 0. The van der Waals surface area contributed by atoms with Crippen molar-refractivity contribution in [3.05, 3.63) is 12.1 Å². The van der Waals surface area contributed by atoms with Crippen LogP contribution in [0.5, 0.6) is 23.0 Å². The maximum Gasteiger partial charge on any atom is 0.203 e. The topological polar surface area (TPSA) is 54.0 Å². The first-order valence-electron chi connectivity index (χ1n) is 6.16. The number of hydrogen-bond donors (Lipinski definition) is 0. The van der Waals surface area contributed by atoms with Crippen molar-refractivity contribution in [1.29, 1.82) is 0 Å². The van der Waals surface area contributed by atoms with Crippen LogP contribution in [0.15, 0.2) is 12.1 Å². The quantitative estimate of drug-likeness (QED) is 0.818. The maximum absolute atomic E-state index is 11.2. The molecule has 1 atom stereocenters. The molecule has 2 rings (SSSR count). The molecule has 1 aliphatic carbocycles. The van der Waals surface area contributed by atoms with Crippen molar-refractivity contribution >= 4 is 5.78 Å². The maximum atomic E-state index is 11.2. The Morgan fingerprint density at radius 1 is 1.05 bits per heavy atom.